The zero-order valence-corrected chi connectivity index (χ0v) is 46.7. The van der Waals surface area contributed by atoms with Crippen molar-refractivity contribution < 1.29 is 0 Å². The van der Waals surface area contributed by atoms with E-state index in [1.165, 1.54) is 66.8 Å². The lowest BCUT2D eigenvalue weighted by Gasteiger charge is -2.16. The van der Waals surface area contributed by atoms with E-state index in [9.17, 15) is 0 Å². The summed E-state index contributed by atoms with van der Waals surface area (Å²) in [5.74, 6) is 0. The van der Waals surface area contributed by atoms with Crippen LogP contribution in [0.5, 0.6) is 0 Å². The van der Waals surface area contributed by atoms with Gasteiger partial charge < -0.3 is 0 Å². The topological polar surface area (TPSA) is 0 Å². The van der Waals surface area contributed by atoms with E-state index >= 15 is 0 Å². The molecule has 0 amide bonds. The molecule has 13 aromatic carbocycles. The van der Waals surface area contributed by atoms with Crippen LogP contribution in [-0.4, -0.2) is 0 Å². The molecule has 0 heteroatoms. The van der Waals surface area contributed by atoms with Crippen molar-refractivity contribution in [3.05, 3.63) is 358 Å². The molecule has 0 spiro atoms. The summed E-state index contributed by atoms with van der Waals surface area (Å²) in [6.07, 6.45) is 5.70. The average molecular weight is 1070 g/mol. The van der Waals surface area contributed by atoms with E-state index in [0.29, 0.717) is 0 Å². The highest BCUT2D eigenvalue weighted by Gasteiger charge is 2.15. The first-order valence-corrected chi connectivity index (χ1v) is 28.7. The van der Waals surface area contributed by atoms with E-state index in [0.717, 1.165) is 77.9 Å². The Balaban J connectivity index is 0.918. The van der Waals surface area contributed by atoms with Gasteiger partial charge in [0.2, 0.25) is 0 Å². The Labute approximate surface area is 494 Å². The van der Waals surface area contributed by atoms with Crippen molar-refractivity contribution in [2.45, 2.75) is 0 Å². The Morgan fingerprint density at radius 2 is 0.369 bits per heavy atom. The van der Waals surface area contributed by atoms with Gasteiger partial charge in [-0.1, -0.05) is 292 Å². The van der Waals surface area contributed by atoms with Gasteiger partial charge in [0.1, 0.15) is 0 Å². The minimum atomic E-state index is 1.04. The van der Waals surface area contributed by atoms with Crippen LogP contribution >= 0.6 is 0 Å². The highest BCUT2D eigenvalue weighted by Crippen LogP contribution is 2.40. The molecule has 396 valence electrons. The lowest BCUT2D eigenvalue weighted by Crippen LogP contribution is -1.90. The third-order valence-electron chi connectivity index (χ3n) is 16.0. The Hall–Kier alpha value is -10.9. The lowest BCUT2D eigenvalue weighted by atomic mass is 9.88. The average Bonchev–Trinajstić information content (AvgIpc) is 3.59. The van der Waals surface area contributed by atoms with Crippen LogP contribution in [0.2, 0.25) is 0 Å². The van der Waals surface area contributed by atoms with Crippen LogP contribution < -0.4 is 0 Å². The van der Waals surface area contributed by atoms with Gasteiger partial charge in [-0.25, -0.2) is 0 Å². The van der Waals surface area contributed by atoms with Crippen LogP contribution in [0.15, 0.2) is 353 Å². The van der Waals surface area contributed by atoms with Gasteiger partial charge in [0, 0.05) is 0 Å². The second kappa shape index (κ2) is 24.0. The van der Waals surface area contributed by atoms with Gasteiger partial charge in [0.05, 0.1) is 0 Å². The molecule has 0 aliphatic heterocycles. The first kappa shape index (κ1) is 52.5. The molecule has 84 heavy (non-hydrogen) atoms. The summed E-state index contributed by atoms with van der Waals surface area (Å²) in [4.78, 5) is 0. The van der Waals surface area contributed by atoms with Crippen molar-refractivity contribution in [3.8, 4) is 134 Å². The molecule has 0 radical (unpaired) electrons. The molecular weight excluding hydrogens is 1010 g/mol. The SMILES string of the molecule is C=C/C=C(\C=C)c1cccc(-c2ccc(-c3cc(-c4ccc(-c5cccc(-c6ccccc6)c5)cc4)cc(-c4cc(-c5ccc(-c6cccc(-c7ccccc7)c6)cc5)cc(-c5ccc(-c6cccc(-c7ccccc7)c6)cc5)c4)c3)cc2)c1. The van der Waals surface area contributed by atoms with E-state index < -0.39 is 0 Å². The number of hydrogen-bond acceptors (Lipinski definition) is 0. The second-order valence-corrected chi connectivity index (χ2v) is 21.4. The number of hydrogen-bond donors (Lipinski definition) is 0. The van der Waals surface area contributed by atoms with Gasteiger partial charge in [0.25, 0.3) is 0 Å². The molecule has 0 bridgehead atoms. The quantitative estimate of drug-likeness (QED) is 0.0898. The first-order chi connectivity index (χ1) is 41.5. The maximum absolute atomic E-state index is 4.07. The van der Waals surface area contributed by atoms with Crippen LogP contribution in [0.4, 0.5) is 0 Å². The second-order valence-electron chi connectivity index (χ2n) is 21.4. The Kier molecular flexibility index (Phi) is 15.0. The van der Waals surface area contributed by atoms with E-state index in [2.05, 4.69) is 335 Å². The van der Waals surface area contributed by atoms with Gasteiger partial charge in [-0.2, -0.15) is 0 Å². The standard InChI is InChI=1S/C84H60/c1-3-18-59(4-2)71-25-14-29-75(49-71)63-33-41-67(42-34-63)79-53-80(68-43-35-64(36-44-68)76-30-15-26-72(50-76)60-19-8-5-9-20-60)56-83(55-79)84-57-81(69-45-37-65(38-46-69)77-31-16-27-73(51-77)61-21-10-6-11-22-61)54-82(58-84)70-47-39-66(40-48-70)78-32-17-28-74(52-78)62-23-12-7-13-24-62/h3-58H,1-2H2/b59-18+. The zero-order valence-electron chi connectivity index (χ0n) is 46.7. The predicted octanol–water partition coefficient (Wildman–Crippen LogP) is 23.4. The smallest absolute Gasteiger partial charge is 0.0171 e. The molecular formula is C84H60. The molecule has 0 heterocycles. The molecule has 0 saturated heterocycles. The largest absolute Gasteiger partial charge is 0.0990 e. The summed E-state index contributed by atoms with van der Waals surface area (Å²) in [5, 5.41) is 0. The molecule has 13 aromatic rings. The van der Waals surface area contributed by atoms with Gasteiger partial charge in [-0.3, -0.25) is 0 Å². The molecule has 13 rings (SSSR count). The van der Waals surface area contributed by atoms with Gasteiger partial charge in [-0.15, -0.1) is 0 Å². The third-order valence-corrected chi connectivity index (χ3v) is 16.0. The highest BCUT2D eigenvalue weighted by atomic mass is 14.2. The van der Waals surface area contributed by atoms with Gasteiger partial charge >= 0.3 is 0 Å². The molecule has 0 unspecified atom stereocenters. The van der Waals surface area contributed by atoms with Crippen LogP contribution in [-0.2, 0) is 0 Å². The summed E-state index contributed by atoms with van der Waals surface area (Å²) in [6, 6.07) is 117. The number of allylic oxidation sites excluding steroid dienone is 4. The number of rotatable bonds is 15. The third kappa shape index (κ3) is 11.5. The summed E-state index contributed by atoms with van der Waals surface area (Å²) >= 11 is 0. The predicted molar refractivity (Wildman–Crippen MR) is 360 cm³/mol. The minimum Gasteiger partial charge on any atom is -0.0990 e. The fourth-order valence-corrected chi connectivity index (χ4v) is 11.5. The van der Waals surface area contributed by atoms with E-state index in [1.54, 1.807) is 0 Å². The van der Waals surface area contributed by atoms with Crippen molar-refractivity contribution in [2.75, 3.05) is 0 Å². The molecule has 0 aromatic heterocycles. The van der Waals surface area contributed by atoms with Crippen LogP contribution in [0, 0.1) is 0 Å². The summed E-state index contributed by atoms with van der Waals surface area (Å²) in [5.41, 5.74) is 30.2. The Morgan fingerprint density at radius 1 is 0.179 bits per heavy atom. The molecule has 0 N–H and O–H groups in total. The van der Waals surface area contributed by atoms with Gasteiger partial charge in [0.15, 0.2) is 0 Å². The van der Waals surface area contributed by atoms with E-state index in [-0.39, 0.29) is 0 Å². The van der Waals surface area contributed by atoms with Crippen molar-refractivity contribution >= 4 is 5.57 Å². The first-order valence-electron chi connectivity index (χ1n) is 28.7. The molecule has 0 atom stereocenters. The Bertz CT molecular complexity index is 4340. The molecule has 0 aliphatic rings. The van der Waals surface area contributed by atoms with Crippen LogP contribution in [0.1, 0.15) is 5.56 Å². The van der Waals surface area contributed by atoms with Gasteiger partial charge in [-0.05, 0) is 205 Å². The molecule has 0 nitrogen and oxygen atoms in total. The van der Waals surface area contributed by atoms with Crippen LogP contribution in [0.3, 0.4) is 0 Å². The zero-order chi connectivity index (χ0) is 56.6. The minimum absolute atomic E-state index is 1.04. The van der Waals surface area contributed by atoms with Crippen molar-refractivity contribution in [2.24, 2.45) is 0 Å². The molecule has 0 fully saturated rings. The highest BCUT2D eigenvalue weighted by molar-refractivity contribution is 5.89. The van der Waals surface area contributed by atoms with E-state index in [4.69, 9.17) is 0 Å². The van der Waals surface area contributed by atoms with Crippen molar-refractivity contribution in [1.82, 2.24) is 0 Å². The lowest BCUT2D eigenvalue weighted by molar-refractivity contribution is 1.53. The number of benzene rings is 13. The Morgan fingerprint density at radius 3 is 0.619 bits per heavy atom. The summed E-state index contributed by atoms with van der Waals surface area (Å²) in [7, 11) is 0. The fraction of sp³-hybridized carbons (Fsp3) is 0. The monoisotopic (exact) mass is 1070 g/mol. The maximum Gasteiger partial charge on any atom is -0.0171 e. The maximum atomic E-state index is 4.07. The van der Waals surface area contributed by atoms with E-state index in [1.807, 2.05) is 18.2 Å². The molecule has 0 aliphatic carbocycles. The molecule has 0 saturated carbocycles. The van der Waals surface area contributed by atoms with Crippen molar-refractivity contribution in [1.29, 1.82) is 0 Å². The fourth-order valence-electron chi connectivity index (χ4n) is 11.5. The summed E-state index contributed by atoms with van der Waals surface area (Å²) < 4.78 is 0. The van der Waals surface area contributed by atoms with Crippen LogP contribution in [0.25, 0.3) is 139 Å². The summed E-state index contributed by atoms with van der Waals surface area (Å²) in [6.45, 7) is 7.99. The normalized spacial score (nSPS) is 11.3. The van der Waals surface area contributed by atoms with Crippen molar-refractivity contribution in [3.63, 3.8) is 0 Å².